The number of nitrogens with two attached hydrogens (primary N) is 1. The number of aromatic nitrogens is 1. The molecule has 0 fully saturated rings. The molecule has 3 rings (SSSR count). The first-order valence-electron chi connectivity index (χ1n) is 7.04. The zero-order valence-electron chi connectivity index (χ0n) is 12.4. The minimum atomic E-state index is -0.758. The largest absolute Gasteiger partial charge is 0.387 e. The average Bonchev–Trinajstić information content (AvgIpc) is 2.97. The van der Waals surface area contributed by atoms with Crippen molar-refractivity contribution in [3.63, 3.8) is 0 Å². The van der Waals surface area contributed by atoms with Crippen LogP contribution in [0.25, 0.3) is 10.8 Å². The zero-order valence-corrected chi connectivity index (χ0v) is 13.3. The van der Waals surface area contributed by atoms with Crippen LogP contribution >= 0.6 is 11.3 Å². The van der Waals surface area contributed by atoms with E-state index in [4.69, 9.17) is 10.8 Å². The van der Waals surface area contributed by atoms with Crippen molar-refractivity contribution in [1.82, 2.24) is 4.98 Å². The number of carbonyl (C=O) groups excluding carboxylic acids is 2. The molecule has 1 heterocycles. The molecule has 2 amide bonds. The Hall–Kier alpha value is -2.97. The van der Waals surface area contributed by atoms with Crippen LogP contribution in [0.5, 0.6) is 0 Å². The Bertz CT molecular complexity index is 923. The lowest BCUT2D eigenvalue weighted by molar-refractivity contribution is -0.118. The summed E-state index contributed by atoms with van der Waals surface area (Å²) in [7, 11) is 0. The number of amides is 2. The highest BCUT2D eigenvalue weighted by Crippen LogP contribution is 2.31. The fourth-order valence-corrected chi connectivity index (χ4v) is 3.09. The van der Waals surface area contributed by atoms with Gasteiger partial charge in [0.2, 0.25) is 0 Å². The van der Waals surface area contributed by atoms with Gasteiger partial charge < -0.3 is 21.5 Å². The van der Waals surface area contributed by atoms with Crippen LogP contribution in [0.3, 0.4) is 0 Å². The van der Waals surface area contributed by atoms with Gasteiger partial charge in [0.1, 0.15) is 11.6 Å². The number of fused-ring (bicyclic) bond motifs is 1. The number of carbonyl (C=O) groups is 2. The molecule has 0 aliphatic rings. The van der Waals surface area contributed by atoms with Crippen LogP contribution in [-0.4, -0.2) is 28.5 Å². The molecule has 0 aliphatic carbocycles. The predicted molar refractivity (Wildman–Crippen MR) is 93.6 cm³/mol. The predicted octanol–water partition coefficient (Wildman–Crippen LogP) is 2.07. The van der Waals surface area contributed by atoms with Crippen molar-refractivity contribution in [2.75, 3.05) is 17.2 Å². The lowest BCUT2D eigenvalue weighted by Gasteiger charge is -2.04. The maximum Gasteiger partial charge on any atom is 0.270 e. The molecular weight excluding hydrogens is 328 g/mol. The van der Waals surface area contributed by atoms with E-state index >= 15 is 0 Å². The van der Waals surface area contributed by atoms with Crippen LogP contribution in [0.15, 0.2) is 42.5 Å². The number of thiazole rings is 1. The van der Waals surface area contributed by atoms with Gasteiger partial charge >= 0.3 is 0 Å². The smallest absolute Gasteiger partial charge is 0.270 e. The van der Waals surface area contributed by atoms with Crippen molar-refractivity contribution < 1.29 is 14.7 Å². The summed E-state index contributed by atoms with van der Waals surface area (Å²) in [5.74, 6) is -1.40. The van der Waals surface area contributed by atoms with E-state index in [2.05, 4.69) is 15.6 Å². The third-order valence-corrected chi connectivity index (χ3v) is 4.14. The fourth-order valence-electron chi connectivity index (χ4n) is 2.18. The number of aliphatic hydroxyl groups is 1. The minimum absolute atomic E-state index is 0.0508. The van der Waals surface area contributed by atoms with E-state index in [1.54, 1.807) is 0 Å². The summed E-state index contributed by atoms with van der Waals surface area (Å²) in [6.45, 7) is -0.691. The van der Waals surface area contributed by atoms with Crippen molar-refractivity contribution in [3.05, 3.63) is 48.2 Å². The quantitative estimate of drug-likeness (QED) is 0.566. The molecule has 24 heavy (non-hydrogen) atoms. The number of anilines is 3. The van der Waals surface area contributed by atoms with E-state index in [1.807, 2.05) is 42.5 Å². The molecule has 0 atom stereocenters. The monoisotopic (exact) mass is 342 g/mol. The van der Waals surface area contributed by atoms with Crippen LogP contribution in [0, 0.1) is 0 Å². The maximum atomic E-state index is 11.5. The molecular formula is C16H14N4O3S. The van der Waals surface area contributed by atoms with E-state index in [0.717, 1.165) is 27.8 Å². The van der Waals surface area contributed by atoms with Crippen LogP contribution < -0.4 is 16.4 Å². The molecule has 0 unspecified atom stereocenters. The highest BCUT2D eigenvalue weighted by atomic mass is 32.1. The number of hydrogen-bond donors (Lipinski definition) is 4. The van der Waals surface area contributed by atoms with E-state index in [-0.39, 0.29) is 10.7 Å². The van der Waals surface area contributed by atoms with E-state index in [9.17, 15) is 9.59 Å². The topological polar surface area (TPSA) is 117 Å². The number of nitrogens with one attached hydrogen (secondary N) is 2. The van der Waals surface area contributed by atoms with Crippen molar-refractivity contribution >= 4 is 49.7 Å². The first-order chi connectivity index (χ1) is 11.6. The third kappa shape index (κ3) is 3.34. The van der Waals surface area contributed by atoms with Gasteiger partial charge in [-0.05, 0) is 22.9 Å². The molecule has 3 aromatic rings. The fraction of sp³-hybridized carbons (Fsp3) is 0.0625. The van der Waals surface area contributed by atoms with Gasteiger partial charge in [-0.2, -0.15) is 0 Å². The lowest BCUT2D eigenvalue weighted by atomic mass is 10.1. The molecule has 122 valence electrons. The SMILES string of the molecule is NC(=O)c1nc(Nc2ccc3ccccc3c2)sc1NC(=O)CO. The number of aliphatic hydroxyl groups excluding tert-OH is 1. The third-order valence-electron chi connectivity index (χ3n) is 3.26. The highest BCUT2D eigenvalue weighted by molar-refractivity contribution is 7.20. The van der Waals surface area contributed by atoms with Crippen LogP contribution in [-0.2, 0) is 4.79 Å². The zero-order chi connectivity index (χ0) is 17.1. The molecule has 2 aromatic carbocycles. The van der Waals surface area contributed by atoms with Crippen molar-refractivity contribution in [3.8, 4) is 0 Å². The summed E-state index contributed by atoms with van der Waals surface area (Å²) in [6.07, 6.45) is 0. The van der Waals surface area contributed by atoms with Crippen molar-refractivity contribution in [2.24, 2.45) is 5.73 Å². The number of hydrogen-bond acceptors (Lipinski definition) is 6. The van der Waals surface area contributed by atoms with Gasteiger partial charge in [-0.15, -0.1) is 0 Å². The number of benzene rings is 2. The summed E-state index contributed by atoms with van der Waals surface area (Å²) in [5, 5.41) is 17.1. The highest BCUT2D eigenvalue weighted by Gasteiger charge is 2.17. The summed E-state index contributed by atoms with van der Waals surface area (Å²) in [5.41, 5.74) is 6.02. The second kappa shape index (κ2) is 6.65. The van der Waals surface area contributed by atoms with Gasteiger partial charge in [0, 0.05) is 5.69 Å². The first kappa shape index (κ1) is 15.9. The second-order valence-electron chi connectivity index (χ2n) is 4.95. The molecule has 8 heteroatoms. The summed E-state index contributed by atoms with van der Waals surface area (Å²) >= 11 is 1.07. The van der Waals surface area contributed by atoms with Gasteiger partial charge in [-0.1, -0.05) is 41.7 Å². The summed E-state index contributed by atoms with van der Waals surface area (Å²) in [4.78, 5) is 26.9. The standard InChI is InChI=1S/C16H14N4O3S/c17-14(23)13-15(19-12(22)8-21)24-16(20-13)18-11-6-5-9-3-1-2-4-10(9)7-11/h1-7,21H,8H2,(H2,17,23)(H,18,20)(H,19,22). The normalized spacial score (nSPS) is 10.5. The minimum Gasteiger partial charge on any atom is -0.387 e. The van der Waals surface area contributed by atoms with Crippen molar-refractivity contribution in [1.29, 1.82) is 0 Å². The van der Waals surface area contributed by atoms with Gasteiger partial charge in [0.15, 0.2) is 10.8 Å². The summed E-state index contributed by atoms with van der Waals surface area (Å²) in [6, 6.07) is 13.7. The molecule has 0 saturated carbocycles. The lowest BCUT2D eigenvalue weighted by Crippen LogP contribution is -2.19. The number of nitrogens with zero attached hydrogens (tertiary/aromatic N) is 1. The van der Waals surface area contributed by atoms with Crippen LogP contribution in [0.2, 0.25) is 0 Å². The van der Waals surface area contributed by atoms with Crippen LogP contribution in [0.4, 0.5) is 15.8 Å². The Morgan fingerprint density at radius 2 is 1.92 bits per heavy atom. The molecule has 0 aliphatic heterocycles. The molecule has 5 N–H and O–H groups in total. The number of rotatable bonds is 5. The second-order valence-corrected chi connectivity index (χ2v) is 5.95. The van der Waals surface area contributed by atoms with Gasteiger partial charge in [0.25, 0.3) is 11.8 Å². The van der Waals surface area contributed by atoms with Crippen molar-refractivity contribution in [2.45, 2.75) is 0 Å². The average molecular weight is 342 g/mol. The summed E-state index contributed by atoms with van der Waals surface area (Å²) < 4.78 is 0. The Labute approximate surface area is 141 Å². The van der Waals surface area contributed by atoms with Gasteiger partial charge in [0.05, 0.1) is 0 Å². The first-order valence-corrected chi connectivity index (χ1v) is 7.85. The molecule has 0 saturated heterocycles. The Balaban J connectivity index is 1.89. The Morgan fingerprint density at radius 3 is 2.62 bits per heavy atom. The van der Waals surface area contributed by atoms with Gasteiger partial charge in [-0.3, -0.25) is 9.59 Å². The van der Waals surface area contributed by atoms with E-state index in [0.29, 0.717) is 5.13 Å². The molecule has 0 radical (unpaired) electrons. The number of primary amides is 1. The molecule has 7 nitrogen and oxygen atoms in total. The van der Waals surface area contributed by atoms with E-state index in [1.165, 1.54) is 0 Å². The molecule has 1 aromatic heterocycles. The van der Waals surface area contributed by atoms with Gasteiger partial charge in [-0.25, -0.2) is 4.98 Å². The van der Waals surface area contributed by atoms with E-state index < -0.39 is 18.4 Å². The Kier molecular flexibility index (Phi) is 4.41. The molecule has 0 bridgehead atoms. The maximum absolute atomic E-state index is 11.5. The molecule has 0 spiro atoms. The Morgan fingerprint density at radius 1 is 1.17 bits per heavy atom. The van der Waals surface area contributed by atoms with Crippen LogP contribution in [0.1, 0.15) is 10.5 Å².